The molecule has 0 bridgehead atoms. The maximum Gasteiger partial charge on any atom is 0.310 e. The first-order chi connectivity index (χ1) is 6.63. The summed E-state index contributed by atoms with van der Waals surface area (Å²) in [6, 6.07) is 0. The van der Waals surface area contributed by atoms with E-state index in [4.69, 9.17) is 9.84 Å². The molecule has 88 valence electrons. The molecule has 4 nitrogen and oxygen atoms in total. The van der Waals surface area contributed by atoms with Gasteiger partial charge in [-0.15, -0.1) is 0 Å². The van der Waals surface area contributed by atoms with E-state index in [1.54, 1.807) is 20.8 Å². The number of esters is 1. The summed E-state index contributed by atoms with van der Waals surface area (Å²) >= 11 is 0. The fraction of sp³-hybridized carbons (Fsp3) is 0.818. The van der Waals surface area contributed by atoms with Crippen molar-refractivity contribution >= 4 is 11.9 Å². The molecule has 15 heavy (non-hydrogen) atoms. The van der Waals surface area contributed by atoms with Crippen LogP contribution in [0, 0.1) is 11.8 Å². The van der Waals surface area contributed by atoms with Crippen molar-refractivity contribution < 1.29 is 19.4 Å². The maximum atomic E-state index is 11.7. The zero-order chi connectivity index (χ0) is 12.2. The summed E-state index contributed by atoms with van der Waals surface area (Å²) in [5.74, 6) is -2.00. The van der Waals surface area contributed by atoms with E-state index in [0.29, 0.717) is 0 Å². The maximum absolute atomic E-state index is 11.7. The van der Waals surface area contributed by atoms with Gasteiger partial charge in [-0.3, -0.25) is 9.59 Å². The quantitative estimate of drug-likeness (QED) is 0.731. The summed E-state index contributed by atoms with van der Waals surface area (Å²) in [7, 11) is 0. The van der Waals surface area contributed by atoms with Crippen LogP contribution >= 0.6 is 0 Å². The third-order valence-corrected chi connectivity index (χ3v) is 1.91. The van der Waals surface area contributed by atoms with E-state index < -0.39 is 23.5 Å². The summed E-state index contributed by atoms with van der Waals surface area (Å²) in [5.41, 5.74) is -0.567. The van der Waals surface area contributed by atoms with Gasteiger partial charge >= 0.3 is 11.9 Å². The lowest BCUT2D eigenvalue weighted by molar-refractivity contribution is -0.164. The third-order valence-electron chi connectivity index (χ3n) is 1.91. The molecule has 0 aromatic carbocycles. The van der Waals surface area contributed by atoms with E-state index in [2.05, 4.69) is 0 Å². The molecule has 1 atom stereocenters. The lowest BCUT2D eigenvalue weighted by Gasteiger charge is -2.24. The van der Waals surface area contributed by atoms with Crippen molar-refractivity contribution in [2.75, 3.05) is 0 Å². The van der Waals surface area contributed by atoms with Crippen molar-refractivity contribution in [1.29, 1.82) is 0 Å². The highest BCUT2D eigenvalue weighted by Crippen LogP contribution is 2.20. The van der Waals surface area contributed by atoms with Crippen molar-refractivity contribution in [2.24, 2.45) is 11.8 Å². The van der Waals surface area contributed by atoms with E-state index in [0.717, 1.165) is 0 Å². The highest BCUT2D eigenvalue weighted by atomic mass is 16.6. The van der Waals surface area contributed by atoms with Gasteiger partial charge in [0.15, 0.2) is 0 Å². The zero-order valence-electron chi connectivity index (χ0n) is 10.0. The Morgan fingerprint density at radius 3 is 2.00 bits per heavy atom. The highest BCUT2D eigenvalue weighted by Gasteiger charge is 2.29. The third kappa shape index (κ3) is 6.10. The van der Waals surface area contributed by atoms with Gasteiger partial charge in [0.05, 0.1) is 12.3 Å². The van der Waals surface area contributed by atoms with Crippen LogP contribution in [0.15, 0.2) is 0 Å². The van der Waals surface area contributed by atoms with Gasteiger partial charge in [-0.05, 0) is 26.7 Å². The van der Waals surface area contributed by atoms with Crippen molar-refractivity contribution in [3.8, 4) is 0 Å². The molecule has 0 amide bonds. The predicted molar refractivity (Wildman–Crippen MR) is 56.4 cm³/mol. The minimum atomic E-state index is -0.973. The molecule has 0 spiro atoms. The summed E-state index contributed by atoms with van der Waals surface area (Å²) in [6.07, 6.45) is -0.174. The molecule has 0 rings (SSSR count). The molecule has 0 aromatic rings. The van der Waals surface area contributed by atoms with Gasteiger partial charge in [-0.25, -0.2) is 0 Å². The van der Waals surface area contributed by atoms with Crippen LogP contribution in [0.5, 0.6) is 0 Å². The first kappa shape index (κ1) is 13.9. The van der Waals surface area contributed by atoms with Crippen LogP contribution in [-0.4, -0.2) is 22.6 Å². The Morgan fingerprint density at radius 1 is 1.27 bits per heavy atom. The first-order valence-corrected chi connectivity index (χ1v) is 5.08. The zero-order valence-corrected chi connectivity index (χ0v) is 10.0. The average Bonchev–Trinajstić information content (AvgIpc) is 1.95. The topological polar surface area (TPSA) is 63.6 Å². The average molecular weight is 216 g/mol. The number of carboxylic acids is 1. The van der Waals surface area contributed by atoms with Gasteiger partial charge < -0.3 is 9.84 Å². The molecule has 0 aliphatic rings. The summed E-state index contributed by atoms with van der Waals surface area (Å²) in [6.45, 7) is 8.93. The first-order valence-electron chi connectivity index (χ1n) is 5.08. The molecule has 0 unspecified atom stereocenters. The lowest BCUT2D eigenvalue weighted by atomic mass is 9.92. The number of hydrogen-bond donors (Lipinski definition) is 1. The van der Waals surface area contributed by atoms with Crippen LogP contribution in [0.4, 0.5) is 0 Å². The number of carbonyl (C=O) groups excluding carboxylic acids is 1. The van der Waals surface area contributed by atoms with Crippen LogP contribution in [0.2, 0.25) is 0 Å². The fourth-order valence-corrected chi connectivity index (χ4v) is 1.16. The number of ether oxygens (including phenoxy) is 1. The van der Waals surface area contributed by atoms with Crippen LogP contribution < -0.4 is 0 Å². The second kappa shape index (κ2) is 5.14. The second-order valence-electron chi connectivity index (χ2n) is 4.98. The van der Waals surface area contributed by atoms with Crippen LogP contribution in [0.3, 0.4) is 0 Å². The Bertz CT molecular complexity index is 237. The fourth-order valence-electron chi connectivity index (χ4n) is 1.16. The van der Waals surface area contributed by atoms with E-state index >= 15 is 0 Å². The van der Waals surface area contributed by atoms with Crippen molar-refractivity contribution in [2.45, 2.75) is 46.6 Å². The lowest BCUT2D eigenvalue weighted by Crippen LogP contribution is -2.32. The van der Waals surface area contributed by atoms with Crippen LogP contribution in [0.25, 0.3) is 0 Å². The normalized spacial score (nSPS) is 13.7. The van der Waals surface area contributed by atoms with E-state index in [1.165, 1.54) is 0 Å². The van der Waals surface area contributed by atoms with Gasteiger partial charge in [0.25, 0.3) is 0 Å². The summed E-state index contributed by atoms with van der Waals surface area (Å²) in [5, 5.41) is 8.67. The number of aliphatic carboxylic acids is 1. The van der Waals surface area contributed by atoms with Crippen molar-refractivity contribution in [3.63, 3.8) is 0 Å². The Morgan fingerprint density at radius 2 is 1.73 bits per heavy atom. The molecule has 0 saturated carbocycles. The molecule has 0 heterocycles. The van der Waals surface area contributed by atoms with Crippen molar-refractivity contribution in [1.82, 2.24) is 0 Å². The molecule has 4 heteroatoms. The second-order valence-corrected chi connectivity index (χ2v) is 4.98. The molecular formula is C11H20O4. The Kier molecular flexibility index (Phi) is 4.78. The monoisotopic (exact) mass is 216 g/mol. The summed E-state index contributed by atoms with van der Waals surface area (Å²) < 4.78 is 5.16. The van der Waals surface area contributed by atoms with Crippen LogP contribution in [0.1, 0.15) is 41.0 Å². The van der Waals surface area contributed by atoms with Gasteiger partial charge in [-0.2, -0.15) is 0 Å². The van der Waals surface area contributed by atoms with E-state index in [9.17, 15) is 9.59 Å². The van der Waals surface area contributed by atoms with Crippen LogP contribution in [-0.2, 0) is 14.3 Å². The molecule has 0 aliphatic heterocycles. The number of hydrogen-bond acceptors (Lipinski definition) is 3. The van der Waals surface area contributed by atoms with E-state index in [1.807, 2.05) is 13.8 Å². The smallest absolute Gasteiger partial charge is 0.310 e. The number of carboxylic acid groups (broad SMARTS) is 1. The molecule has 0 aromatic heterocycles. The van der Waals surface area contributed by atoms with Gasteiger partial charge in [0.2, 0.25) is 0 Å². The number of rotatable bonds is 4. The van der Waals surface area contributed by atoms with E-state index in [-0.39, 0.29) is 12.3 Å². The van der Waals surface area contributed by atoms with Crippen molar-refractivity contribution in [3.05, 3.63) is 0 Å². The summed E-state index contributed by atoms with van der Waals surface area (Å²) in [4.78, 5) is 22.2. The minimum Gasteiger partial charge on any atom is -0.481 e. The number of carbonyl (C=O) groups is 2. The largest absolute Gasteiger partial charge is 0.481 e. The Hall–Kier alpha value is -1.06. The molecule has 1 N–H and O–H groups in total. The van der Waals surface area contributed by atoms with Gasteiger partial charge in [0.1, 0.15) is 5.60 Å². The Labute approximate surface area is 90.6 Å². The highest BCUT2D eigenvalue weighted by molar-refractivity contribution is 5.79. The SMILES string of the molecule is CC(C)[C@H](CC(=O)O)C(=O)OC(C)(C)C. The minimum absolute atomic E-state index is 0.0315. The molecule has 0 aliphatic carbocycles. The molecule has 0 radical (unpaired) electrons. The predicted octanol–water partition coefficient (Wildman–Crippen LogP) is 2.07. The van der Waals surface area contributed by atoms with Gasteiger partial charge in [-0.1, -0.05) is 13.8 Å². The standard InChI is InChI=1S/C11H20O4/c1-7(2)8(6-9(12)13)10(14)15-11(3,4)5/h7-8H,6H2,1-5H3,(H,12,13)/t8-/m0/s1. The van der Waals surface area contributed by atoms with Gasteiger partial charge in [0, 0.05) is 0 Å². The molecule has 0 saturated heterocycles. The molecule has 0 fully saturated rings. The Balaban J connectivity index is 4.50. The molecular weight excluding hydrogens is 196 g/mol.